The number of rotatable bonds is 7. The number of carbonyl (C=O) groups excluding carboxylic acids is 2. The van der Waals surface area contributed by atoms with Crippen molar-refractivity contribution >= 4 is 11.8 Å². The van der Waals surface area contributed by atoms with Crippen LogP contribution >= 0.6 is 0 Å². The highest BCUT2D eigenvalue weighted by atomic mass is 16.3. The summed E-state index contributed by atoms with van der Waals surface area (Å²) in [5, 5.41) is 2.98. The second kappa shape index (κ2) is 8.19. The minimum absolute atomic E-state index is 0.0317. The Labute approximate surface area is 153 Å². The maximum atomic E-state index is 12.5. The SMILES string of the molecule is CN(C)C(CNC(=O)C1CC(=O)N(Cc2ccccc2)C1)c1ccco1. The molecule has 0 saturated carbocycles. The van der Waals surface area contributed by atoms with Gasteiger partial charge >= 0.3 is 0 Å². The monoisotopic (exact) mass is 355 g/mol. The summed E-state index contributed by atoms with van der Waals surface area (Å²) in [5.74, 6) is 0.464. The first kappa shape index (κ1) is 18.2. The topological polar surface area (TPSA) is 65.8 Å². The summed E-state index contributed by atoms with van der Waals surface area (Å²) in [6.45, 7) is 1.46. The van der Waals surface area contributed by atoms with Crippen molar-refractivity contribution in [3.05, 3.63) is 60.1 Å². The second-order valence-electron chi connectivity index (χ2n) is 6.90. The third-order valence-corrected chi connectivity index (χ3v) is 4.77. The van der Waals surface area contributed by atoms with Gasteiger partial charge in [0.1, 0.15) is 5.76 Å². The normalized spacial score (nSPS) is 18.3. The molecule has 6 nitrogen and oxygen atoms in total. The van der Waals surface area contributed by atoms with Gasteiger partial charge in [-0.2, -0.15) is 0 Å². The average Bonchev–Trinajstić information content (AvgIpc) is 3.26. The van der Waals surface area contributed by atoms with Gasteiger partial charge in [0.25, 0.3) is 0 Å². The third kappa shape index (κ3) is 4.32. The molecule has 6 heteroatoms. The van der Waals surface area contributed by atoms with Crippen molar-refractivity contribution in [2.45, 2.75) is 19.0 Å². The molecule has 0 radical (unpaired) electrons. The van der Waals surface area contributed by atoms with Crippen LogP contribution in [-0.2, 0) is 16.1 Å². The quantitative estimate of drug-likeness (QED) is 0.825. The lowest BCUT2D eigenvalue weighted by Crippen LogP contribution is -2.38. The molecule has 2 unspecified atom stereocenters. The predicted molar refractivity (Wildman–Crippen MR) is 98.1 cm³/mol. The van der Waals surface area contributed by atoms with E-state index in [9.17, 15) is 9.59 Å². The fourth-order valence-corrected chi connectivity index (χ4v) is 3.26. The molecule has 0 aliphatic carbocycles. The number of likely N-dealkylation sites (tertiary alicyclic amines) is 1. The standard InChI is InChI=1S/C20H25N3O3/c1-22(2)17(18-9-6-10-26-18)12-21-20(25)16-11-19(24)23(14-16)13-15-7-4-3-5-8-15/h3-10,16-17H,11-14H2,1-2H3,(H,21,25). The van der Waals surface area contributed by atoms with E-state index in [1.165, 1.54) is 0 Å². The number of furan rings is 1. The smallest absolute Gasteiger partial charge is 0.225 e. The van der Waals surface area contributed by atoms with Crippen LogP contribution in [0.15, 0.2) is 53.1 Å². The van der Waals surface area contributed by atoms with Crippen molar-refractivity contribution < 1.29 is 14.0 Å². The summed E-state index contributed by atoms with van der Waals surface area (Å²) >= 11 is 0. The highest BCUT2D eigenvalue weighted by molar-refractivity contribution is 5.89. The zero-order valence-electron chi connectivity index (χ0n) is 15.2. The Kier molecular flexibility index (Phi) is 5.73. The average molecular weight is 355 g/mol. The molecular formula is C20H25N3O3. The molecule has 138 valence electrons. The Hall–Kier alpha value is -2.60. The van der Waals surface area contributed by atoms with E-state index in [0.717, 1.165) is 11.3 Å². The van der Waals surface area contributed by atoms with Gasteiger partial charge in [0.15, 0.2) is 0 Å². The maximum Gasteiger partial charge on any atom is 0.225 e. The van der Waals surface area contributed by atoms with Crippen LogP contribution in [0, 0.1) is 5.92 Å². The van der Waals surface area contributed by atoms with E-state index in [0.29, 0.717) is 19.6 Å². The maximum absolute atomic E-state index is 12.5. The van der Waals surface area contributed by atoms with Gasteiger partial charge < -0.3 is 14.6 Å². The van der Waals surface area contributed by atoms with Gasteiger partial charge in [0.2, 0.25) is 11.8 Å². The first-order valence-corrected chi connectivity index (χ1v) is 8.84. The van der Waals surface area contributed by atoms with Gasteiger partial charge in [-0.25, -0.2) is 0 Å². The summed E-state index contributed by atoms with van der Waals surface area (Å²) in [6, 6.07) is 13.5. The molecular weight excluding hydrogens is 330 g/mol. The molecule has 2 atom stereocenters. The molecule has 0 bridgehead atoms. The zero-order valence-corrected chi connectivity index (χ0v) is 15.2. The van der Waals surface area contributed by atoms with E-state index < -0.39 is 0 Å². The molecule has 1 N–H and O–H groups in total. The molecule has 1 aliphatic heterocycles. The summed E-state index contributed by atoms with van der Waals surface area (Å²) in [5.41, 5.74) is 1.08. The number of nitrogens with zero attached hydrogens (tertiary/aromatic N) is 2. The van der Waals surface area contributed by atoms with Crippen LogP contribution in [0.1, 0.15) is 23.8 Å². The predicted octanol–water partition coefficient (Wildman–Crippen LogP) is 2.05. The van der Waals surface area contributed by atoms with Gasteiger partial charge in [-0.1, -0.05) is 30.3 Å². The van der Waals surface area contributed by atoms with E-state index in [1.54, 1.807) is 11.2 Å². The van der Waals surface area contributed by atoms with E-state index >= 15 is 0 Å². The van der Waals surface area contributed by atoms with Crippen LogP contribution in [0.25, 0.3) is 0 Å². The van der Waals surface area contributed by atoms with Gasteiger partial charge in [-0.3, -0.25) is 14.5 Å². The Bertz CT molecular complexity index is 728. The van der Waals surface area contributed by atoms with E-state index in [1.807, 2.05) is 61.5 Å². The number of amides is 2. The molecule has 1 saturated heterocycles. The van der Waals surface area contributed by atoms with Crippen molar-refractivity contribution in [2.75, 3.05) is 27.2 Å². The van der Waals surface area contributed by atoms with Crippen LogP contribution in [0.4, 0.5) is 0 Å². The lowest BCUT2D eigenvalue weighted by atomic mass is 10.1. The highest BCUT2D eigenvalue weighted by Crippen LogP contribution is 2.22. The molecule has 3 rings (SSSR count). The molecule has 2 amide bonds. The van der Waals surface area contributed by atoms with E-state index in [-0.39, 0.29) is 30.2 Å². The van der Waals surface area contributed by atoms with Crippen LogP contribution in [0.2, 0.25) is 0 Å². The fraction of sp³-hybridized carbons (Fsp3) is 0.400. The number of nitrogens with one attached hydrogen (secondary N) is 1. The third-order valence-electron chi connectivity index (χ3n) is 4.77. The largest absolute Gasteiger partial charge is 0.468 e. The van der Waals surface area contributed by atoms with Crippen molar-refractivity contribution in [1.29, 1.82) is 0 Å². The Morgan fingerprint density at radius 1 is 1.27 bits per heavy atom. The van der Waals surface area contributed by atoms with Gasteiger partial charge in [-0.05, 0) is 31.8 Å². The minimum Gasteiger partial charge on any atom is -0.468 e. The Balaban J connectivity index is 1.54. The highest BCUT2D eigenvalue weighted by Gasteiger charge is 2.34. The van der Waals surface area contributed by atoms with Crippen LogP contribution < -0.4 is 5.32 Å². The molecule has 2 aromatic rings. The first-order chi connectivity index (χ1) is 12.5. The van der Waals surface area contributed by atoms with E-state index in [2.05, 4.69) is 5.32 Å². The summed E-state index contributed by atoms with van der Waals surface area (Å²) < 4.78 is 5.46. The van der Waals surface area contributed by atoms with E-state index in [4.69, 9.17) is 4.42 Å². The molecule has 1 aliphatic rings. The van der Waals surface area contributed by atoms with Crippen LogP contribution in [0.3, 0.4) is 0 Å². The van der Waals surface area contributed by atoms with Gasteiger partial charge in [0.05, 0.1) is 18.2 Å². The van der Waals surface area contributed by atoms with Crippen molar-refractivity contribution in [2.24, 2.45) is 5.92 Å². The van der Waals surface area contributed by atoms with Crippen molar-refractivity contribution in [3.63, 3.8) is 0 Å². The number of hydrogen-bond donors (Lipinski definition) is 1. The number of hydrogen-bond acceptors (Lipinski definition) is 4. The molecule has 26 heavy (non-hydrogen) atoms. The van der Waals surface area contributed by atoms with Gasteiger partial charge in [-0.15, -0.1) is 0 Å². The van der Waals surface area contributed by atoms with Gasteiger partial charge in [0, 0.05) is 26.1 Å². The minimum atomic E-state index is -0.300. The summed E-state index contributed by atoms with van der Waals surface area (Å²) in [6.07, 6.45) is 1.90. The van der Waals surface area contributed by atoms with Crippen LogP contribution in [0.5, 0.6) is 0 Å². The van der Waals surface area contributed by atoms with Crippen molar-refractivity contribution in [1.82, 2.24) is 15.1 Å². The Morgan fingerprint density at radius 2 is 2.04 bits per heavy atom. The summed E-state index contributed by atoms with van der Waals surface area (Å²) in [4.78, 5) is 28.6. The molecule has 1 aromatic heterocycles. The first-order valence-electron chi connectivity index (χ1n) is 8.84. The zero-order chi connectivity index (χ0) is 18.5. The fourth-order valence-electron chi connectivity index (χ4n) is 3.26. The van der Waals surface area contributed by atoms with Crippen LogP contribution in [-0.4, -0.2) is 48.8 Å². The number of carbonyl (C=O) groups is 2. The molecule has 0 spiro atoms. The number of benzene rings is 1. The second-order valence-corrected chi connectivity index (χ2v) is 6.90. The Morgan fingerprint density at radius 3 is 2.69 bits per heavy atom. The molecule has 1 fully saturated rings. The molecule has 1 aromatic carbocycles. The number of likely N-dealkylation sites (N-methyl/N-ethyl adjacent to an activating group) is 1. The molecule has 2 heterocycles. The van der Waals surface area contributed by atoms with Crippen molar-refractivity contribution in [3.8, 4) is 0 Å². The summed E-state index contributed by atoms with van der Waals surface area (Å²) in [7, 11) is 3.89. The lowest BCUT2D eigenvalue weighted by molar-refractivity contribution is -0.129. The lowest BCUT2D eigenvalue weighted by Gasteiger charge is -2.23.